The second-order valence-electron chi connectivity index (χ2n) is 4.05. The lowest BCUT2D eigenvalue weighted by molar-refractivity contribution is 0.388. The first kappa shape index (κ1) is 11.8. The van der Waals surface area contributed by atoms with Gasteiger partial charge in [-0.2, -0.15) is 0 Å². The monoisotopic (exact) mass is 231 g/mol. The number of hydrogen-bond donors (Lipinski definition) is 2. The van der Waals surface area contributed by atoms with Gasteiger partial charge in [0.25, 0.3) is 0 Å². The molecule has 4 nitrogen and oxygen atoms in total. The maximum Gasteiger partial charge on any atom is 0.133 e. The van der Waals surface area contributed by atoms with Gasteiger partial charge < -0.3 is 15.6 Å². The van der Waals surface area contributed by atoms with Crippen LogP contribution in [0.25, 0.3) is 0 Å². The number of benzene rings is 1. The zero-order valence-corrected chi connectivity index (χ0v) is 9.94. The Morgan fingerprint density at radius 3 is 2.47 bits per heavy atom. The molecule has 0 atom stereocenters. The third-order valence-corrected chi connectivity index (χ3v) is 2.57. The van der Waals surface area contributed by atoms with Gasteiger partial charge >= 0.3 is 0 Å². The van der Waals surface area contributed by atoms with Crippen molar-refractivity contribution in [1.82, 2.24) is 10.5 Å². The van der Waals surface area contributed by atoms with Crippen LogP contribution in [-0.4, -0.2) is 5.16 Å². The predicted molar refractivity (Wildman–Crippen MR) is 66.1 cm³/mol. The fourth-order valence-corrected chi connectivity index (χ4v) is 1.63. The predicted octanol–water partition coefficient (Wildman–Crippen LogP) is 1.73. The molecule has 4 heteroatoms. The average Bonchev–Trinajstić information content (AvgIpc) is 2.76. The Hall–Kier alpha value is -1.65. The average molecular weight is 231 g/mol. The van der Waals surface area contributed by atoms with Gasteiger partial charge in [0.2, 0.25) is 0 Å². The topological polar surface area (TPSA) is 64.1 Å². The first-order chi connectivity index (χ1) is 8.28. The highest BCUT2D eigenvalue weighted by molar-refractivity contribution is 5.22. The maximum atomic E-state index is 5.54. The zero-order chi connectivity index (χ0) is 12.1. The highest BCUT2D eigenvalue weighted by Gasteiger charge is 1.99. The summed E-state index contributed by atoms with van der Waals surface area (Å²) in [6.07, 6.45) is 0. The summed E-state index contributed by atoms with van der Waals surface area (Å²) in [7, 11) is 0. The minimum absolute atomic E-state index is 0.589. The molecule has 0 spiro atoms. The number of nitrogens with zero attached hydrogens (tertiary/aromatic N) is 1. The molecule has 0 radical (unpaired) electrons. The van der Waals surface area contributed by atoms with Gasteiger partial charge in [-0.15, -0.1) is 0 Å². The highest BCUT2D eigenvalue weighted by atomic mass is 16.5. The molecule has 0 bridgehead atoms. The van der Waals surface area contributed by atoms with E-state index in [-0.39, 0.29) is 0 Å². The molecule has 1 aromatic heterocycles. The molecule has 17 heavy (non-hydrogen) atoms. The SMILES string of the molecule is Cc1cc(CNCc2ccc(CN)cc2)no1. The Bertz CT molecular complexity index is 462. The van der Waals surface area contributed by atoms with Gasteiger partial charge in [0, 0.05) is 25.7 Å². The molecule has 0 aliphatic heterocycles. The van der Waals surface area contributed by atoms with Gasteiger partial charge in [-0.1, -0.05) is 29.4 Å². The van der Waals surface area contributed by atoms with Crippen LogP contribution in [0, 0.1) is 6.92 Å². The van der Waals surface area contributed by atoms with Gasteiger partial charge in [0.05, 0.1) is 5.69 Å². The van der Waals surface area contributed by atoms with E-state index in [1.807, 2.05) is 13.0 Å². The smallest absolute Gasteiger partial charge is 0.133 e. The number of aryl methyl sites for hydroxylation is 1. The van der Waals surface area contributed by atoms with E-state index in [1.54, 1.807) is 0 Å². The summed E-state index contributed by atoms with van der Waals surface area (Å²) in [5.41, 5.74) is 8.87. The number of nitrogens with one attached hydrogen (secondary N) is 1. The maximum absolute atomic E-state index is 5.54. The molecule has 0 fully saturated rings. The first-order valence-electron chi connectivity index (χ1n) is 5.69. The van der Waals surface area contributed by atoms with Crippen molar-refractivity contribution in [1.29, 1.82) is 0 Å². The minimum atomic E-state index is 0.589. The van der Waals surface area contributed by atoms with Crippen LogP contribution < -0.4 is 11.1 Å². The summed E-state index contributed by atoms with van der Waals surface area (Å²) in [5, 5.41) is 7.24. The molecule has 0 saturated heterocycles. The van der Waals surface area contributed by atoms with Crippen molar-refractivity contribution >= 4 is 0 Å². The third-order valence-electron chi connectivity index (χ3n) is 2.57. The third kappa shape index (κ3) is 3.41. The number of rotatable bonds is 5. The summed E-state index contributed by atoms with van der Waals surface area (Å²) in [6, 6.07) is 10.2. The lowest BCUT2D eigenvalue weighted by atomic mass is 10.1. The van der Waals surface area contributed by atoms with E-state index in [9.17, 15) is 0 Å². The lowest BCUT2D eigenvalue weighted by Gasteiger charge is -2.03. The Labute approximate surface area is 101 Å². The molecule has 2 rings (SSSR count). The largest absolute Gasteiger partial charge is 0.361 e. The van der Waals surface area contributed by atoms with Crippen LogP contribution >= 0.6 is 0 Å². The van der Waals surface area contributed by atoms with Crippen LogP contribution in [0.3, 0.4) is 0 Å². The molecule has 1 aromatic carbocycles. The van der Waals surface area contributed by atoms with E-state index in [2.05, 4.69) is 34.7 Å². The molecule has 3 N–H and O–H groups in total. The van der Waals surface area contributed by atoms with Gasteiger partial charge in [-0.25, -0.2) is 0 Å². The van der Waals surface area contributed by atoms with E-state index in [1.165, 1.54) is 5.56 Å². The van der Waals surface area contributed by atoms with Crippen LogP contribution in [0.5, 0.6) is 0 Å². The van der Waals surface area contributed by atoms with Crippen molar-refractivity contribution < 1.29 is 4.52 Å². The first-order valence-corrected chi connectivity index (χ1v) is 5.69. The van der Waals surface area contributed by atoms with E-state index >= 15 is 0 Å². The summed E-state index contributed by atoms with van der Waals surface area (Å²) in [6.45, 7) is 4.01. The lowest BCUT2D eigenvalue weighted by Crippen LogP contribution is -2.12. The Morgan fingerprint density at radius 2 is 1.88 bits per heavy atom. The van der Waals surface area contributed by atoms with Crippen molar-refractivity contribution in [3.8, 4) is 0 Å². The summed E-state index contributed by atoms with van der Waals surface area (Å²) in [5.74, 6) is 0.842. The fourth-order valence-electron chi connectivity index (χ4n) is 1.63. The Morgan fingerprint density at radius 1 is 1.18 bits per heavy atom. The molecule has 0 amide bonds. The Kier molecular flexibility index (Phi) is 3.90. The zero-order valence-electron chi connectivity index (χ0n) is 9.94. The molecular formula is C13H17N3O. The van der Waals surface area contributed by atoms with E-state index in [0.29, 0.717) is 6.54 Å². The summed E-state index contributed by atoms with van der Waals surface area (Å²) in [4.78, 5) is 0. The normalized spacial score (nSPS) is 10.7. The summed E-state index contributed by atoms with van der Waals surface area (Å²) >= 11 is 0. The molecule has 1 heterocycles. The number of aromatic nitrogens is 1. The van der Waals surface area contributed by atoms with E-state index in [4.69, 9.17) is 10.3 Å². The number of hydrogen-bond acceptors (Lipinski definition) is 4. The van der Waals surface area contributed by atoms with Crippen molar-refractivity contribution in [2.45, 2.75) is 26.6 Å². The van der Waals surface area contributed by atoms with E-state index in [0.717, 1.165) is 30.1 Å². The van der Waals surface area contributed by atoms with Gasteiger partial charge in [-0.05, 0) is 18.1 Å². The van der Waals surface area contributed by atoms with Crippen LogP contribution in [0.15, 0.2) is 34.9 Å². The van der Waals surface area contributed by atoms with Crippen molar-refractivity contribution in [3.63, 3.8) is 0 Å². The van der Waals surface area contributed by atoms with Gasteiger partial charge in [0.15, 0.2) is 0 Å². The molecule has 0 aliphatic carbocycles. The second-order valence-corrected chi connectivity index (χ2v) is 4.05. The molecule has 0 aliphatic rings. The molecule has 0 saturated carbocycles. The Balaban J connectivity index is 1.81. The molecular weight excluding hydrogens is 214 g/mol. The van der Waals surface area contributed by atoms with Crippen molar-refractivity contribution in [2.24, 2.45) is 5.73 Å². The molecule has 90 valence electrons. The van der Waals surface area contributed by atoms with Crippen molar-refractivity contribution in [2.75, 3.05) is 0 Å². The second kappa shape index (κ2) is 5.61. The molecule has 0 unspecified atom stereocenters. The number of nitrogens with two attached hydrogens (primary N) is 1. The quantitative estimate of drug-likeness (QED) is 0.822. The fraction of sp³-hybridized carbons (Fsp3) is 0.308. The van der Waals surface area contributed by atoms with E-state index < -0.39 is 0 Å². The molecule has 2 aromatic rings. The minimum Gasteiger partial charge on any atom is -0.361 e. The van der Waals surface area contributed by atoms with Crippen molar-refractivity contribution in [3.05, 3.63) is 52.9 Å². The van der Waals surface area contributed by atoms with Gasteiger partial charge in [0.1, 0.15) is 5.76 Å². The van der Waals surface area contributed by atoms with Crippen LogP contribution in [0.2, 0.25) is 0 Å². The van der Waals surface area contributed by atoms with Crippen LogP contribution in [0.4, 0.5) is 0 Å². The standard InChI is InChI=1S/C13H17N3O/c1-10-6-13(16-17-10)9-15-8-12-4-2-11(7-14)3-5-12/h2-6,15H,7-9,14H2,1H3. The van der Waals surface area contributed by atoms with Crippen LogP contribution in [0.1, 0.15) is 22.6 Å². The van der Waals surface area contributed by atoms with Gasteiger partial charge in [-0.3, -0.25) is 0 Å². The highest BCUT2D eigenvalue weighted by Crippen LogP contribution is 2.05. The summed E-state index contributed by atoms with van der Waals surface area (Å²) < 4.78 is 4.99. The van der Waals surface area contributed by atoms with Crippen LogP contribution in [-0.2, 0) is 19.6 Å².